The van der Waals surface area contributed by atoms with Gasteiger partial charge in [-0.1, -0.05) is 12.1 Å². The van der Waals surface area contributed by atoms with Gasteiger partial charge in [-0.2, -0.15) is 13.2 Å². The Morgan fingerprint density at radius 3 is 2.27 bits per heavy atom. The summed E-state index contributed by atoms with van der Waals surface area (Å²) in [4.78, 5) is 12.7. The molecule has 1 amide bonds. The van der Waals surface area contributed by atoms with E-state index >= 15 is 0 Å². The Morgan fingerprint density at radius 2 is 1.85 bits per heavy atom. The number of carbonyl (C=O) groups is 1. The summed E-state index contributed by atoms with van der Waals surface area (Å²) in [7, 11) is -3.66. The van der Waals surface area contributed by atoms with E-state index in [9.17, 15) is 31.5 Å². The zero-order chi connectivity index (χ0) is 20.3. The van der Waals surface area contributed by atoms with Gasteiger partial charge >= 0.3 is 12.3 Å². The second kappa shape index (κ2) is 7.83. The third-order valence-corrected chi connectivity index (χ3v) is 5.08. The Hall–Kier alpha value is -1.81. The van der Waals surface area contributed by atoms with Crippen LogP contribution in [0.4, 0.5) is 18.0 Å². The van der Waals surface area contributed by atoms with Crippen molar-refractivity contribution >= 4 is 16.1 Å². The molecule has 26 heavy (non-hydrogen) atoms. The van der Waals surface area contributed by atoms with Gasteiger partial charge in [0.2, 0.25) is 10.0 Å². The van der Waals surface area contributed by atoms with Crippen LogP contribution < -0.4 is 4.72 Å². The van der Waals surface area contributed by atoms with E-state index in [1.165, 1.54) is 19.1 Å². The number of hydrogen-bond acceptors (Lipinski definition) is 3. The van der Waals surface area contributed by atoms with Crippen molar-refractivity contribution in [3.05, 3.63) is 35.4 Å². The number of hydrogen-bond donors (Lipinski definition) is 2. The van der Waals surface area contributed by atoms with Crippen LogP contribution in [0.25, 0.3) is 0 Å². The third-order valence-electron chi connectivity index (χ3n) is 3.72. The average molecular weight is 396 g/mol. The lowest BCUT2D eigenvalue weighted by molar-refractivity contribution is -0.137. The maximum atomic E-state index is 13.0. The molecule has 0 heterocycles. The van der Waals surface area contributed by atoms with Gasteiger partial charge in [0.1, 0.15) is 0 Å². The van der Waals surface area contributed by atoms with Crippen molar-refractivity contribution < 1.29 is 31.5 Å². The van der Waals surface area contributed by atoms with Crippen molar-refractivity contribution in [2.24, 2.45) is 0 Å². The maximum Gasteiger partial charge on any atom is 0.416 e. The van der Waals surface area contributed by atoms with Gasteiger partial charge in [-0.3, -0.25) is 4.90 Å². The molecule has 0 saturated heterocycles. The number of rotatable bonds is 6. The van der Waals surface area contributed by atoms with Crippen LogP contribution in [0.1, 0.15) is 44.9 Å². The Morgan fingerprint density at radius 1 is 1.27 bits per heavy atom. The maximum absolute atomic E-state index is 13.0. The standard InChI is InChI=1S/C16H23F3N2O4S/c1-5-26(24,25)20-10-13(21(14(22)23)15(2,3)4)11-7-6-8-12(9-11)16(17,18)19/h6-9,13,20H,5,10H2,1-4H3,(H,22,23). The first-order valence-corrected chi connectivity index (χ1v) is 9.51. The Balaban J connectivity index is 3.42. The van der Waals surface area contributed by atoms with E-state index in [4.69, 9.17) is 0 Å². The molecule has 0 spiro atoms. The van der Waals surface area contributed by atoms with Gasteiger partial charge in [-0.15, -0.1) is 0 Å². The molecule has 148 valence electrons. The molecule has 1 aromatic carbocycles. The fourth-order valence-electron chi connectivity index (χ4n) is 2.48. The smallest absolute Gasteiger partial charge is 0.416 e. The van der Waals surface area contributed by atoms with E-state index in [2.05, 4.69) is 4.72 Å². The van der Waals surface area contributed by atoms with Crippen molar-refractivity contribution in [1.29, 1.82) is 0 Å². The topological polar surface area (TPSA) is 86.7 Å². The molecule has 0 fully saturated rings. The fraction of sp³-hybridized carbons (Fsp3) is 0.562. The number of alkyl halides is 3. The average Bonchev–Trinajstić information content (AvgIpc) is 2.49. The van der Waals surface area contributed by atoms with Gasteiger partial charge in [-0.05, 0) is 45.4 Å². The van der Waals surface area contributed by atoms with E-state index < -0.39 is 39.4 Å². The lowest BCUT2D eigenvalue weighted by atomic mass is 9.97. The molecule has 6 nitrogen and oxygen atoms in total. The summed E-state index contributed by atoms with van der Waals surface area (Å²) in [6.45, 7) is 5.77. The molecule has 0 aliphatic rings. The highest BCUT2D eigenvalue weighted by Crippen LogP contribution is 2.34. The minimum Gasteiger partial charge on any atom is -0.465 e. The number of carboxylic acid groups (broad SMARTS) is 1. The van der Waals surface area contributed by atoms with Crippen LogP contribution >= 0.6 is 0 Å². The number of nitrogens with zero attached hydrogens (tertiary/aromatic N) is 1. The zero-order valence-electron chi connectivity index (χ0n) is 15.0. The number of halogens is 3. The second-order valence-electron chi connectivity index (χ2n) is 6.71. The molecule has 0 bridgehead atoms. The zero-order valence-corrected chi connectivity index (χ0v) is 15.8. The van der Waals surface area contributed by atoms with Crippen LogP contribution in [0, 0.1) is 0 Å². The highest BCUT2D eigenvalue weighted by molar-refractivity contribution is 7.89. The van der Waals surface area contributed by atoms with Crippen LogP contribution in [0.3, 0.4) is 0 Å². The van der Waals surface area contributed by atoms with E-state index in [1.54, 1.807) is 20.8 Å². The van der Waals surface area contributed by atoms with Crippen molar-refractivity contribution in [2.45, 2.75) is 45.5 Å². The lowest BCUT2D eigenvalue weighted by Crippen LogP contribution is -2.50. The first-order chi connectivity index (χ1) is 11.7. The molecule has 0 saturated carbocycles. The second-order valence-corrected chi connectivity index (χ2v) is 8.81. The molecule has 0 aromatic heterocycles. The van der Waals surface area contributed by atoms with E-state index in [0.29, 0.717) is 0 Å². The molecular formula is C16H23F3N2O4S. The Kier molecular flexibility index (Phi) is 6.69. The van der Waals surface area contributed by atoms with Crippen LogP contribution in [-0.2, 0) is 16.2 Å². The van der Waals surface area contributed by atoms with Gasteiger partial charge < -0.3 is 5.11 Å². The fourth-order valence-corrected chi connectivity index (χ4v) is 3.09. The van der Waals surface area contributed by atoms with Crippen molar-refractivity contribution in [1.82, 2.24) is 9.62 Å². The molecule has 1 unspecified atom stereocenters. The minimum atomic E-state index is -4.60. The number of nitrogens with one attached hydrogen (secondary N) is 1. The lowest BCUT2D eigenvalue weighted by Gasteiger charge is -2.40. The molecule has 1 atom stereocenters. The Bertz CT molecular complexity index is 743. The highest BCUT2D eigenvalue weighted by atomic mass is 32.2. The summed E-state index contributed by atoms with van der Waals surface area (Å²) < 4.78 is 64.8. The van der Waals surface area contributed by atoms with Crippen LogP contribution in [0.15, 0.2) is 24.3 Å². The van der Waals surface area contributed by atoms with Crippen molar-refractivity contribution in [3.63, 3.8) is 0 Å². The van der Waals surface area contributed by atoms with Gasteiger partial charge in [0.05, 0.1) is 17.4 Å². The summed E-state index contributed by atoms with van der Waals surface area (Å²) in [5.41, 5.74) is -1.85. The molecule has 1 rings (SSSR count). The highest BCUT2D eigenvalue weighted by Gasteiger charge is 2.36. The predicted molar refractivity (Wildman–Crippen MR) is 91.3 cm³/mol. The van der Waals surface area contributed by atoms with Crippen molar-refractivity contribution in [3.8, 4) is 0 Å². The predicted octanol–water partition coefficient (Wildman–Crippen LogP) is 3.46. The van der Waals surface area contributed by atoms with Crippen molar-refractivity contribution in [2.75, 3.05) is 12.3 Å². The summed E-state index contributed by atoms with van der Waals surface area (Å²) in [5.74, 6) is -0.231. The Labute approximate surface area is 151 Å². The molecule has 0 aliphatic carbocycles. The van der Waals surface area contributed by atoms with E-state index in [-0.39, 0.29) is 17.9 Å². The van der Waals surface area contributed by atoms with E-state index in [0.717, 1.165) is 17.0 Å². The summed E-state index contributed by atoms with van der Waals surface area (Å²) in [6.07, 6.45) is -5.96. The molecule has 10 heteroatoms. The minimum absolute atomic E-state index is 0.0518. The first-order valence-electron chi connectivity index (χ1n) is 7.86. The van der Waals surface area contributed by atoms with Gasteiger partial charge in [0.25, 0.3) is 0 Å². The third kappa shape index (κ3) is 5.87. The largest absolute Gasteiger partial charge is 0.465 e. The van der Waals surface area contributed by atoms with Gasteiger partial charge in [0.15, 0.2) is 0 Å². The molecule has 0 aliphatic heterocycles. The SMILES string of the molecule is CCS(=O)(=O)NCC(c1cccc(C(F)(F)F)c1)N(C(=O)O)C(C)(C)C. The number of benzene rings is 1. The first kappa shape index (κ1) is 22.2. The van der Waals surface area contributed by atoms with Crippen LogP contribution in [-0.4, -0.2) is 42.4 Å². The summed E-state index contributed by atoms with van der Waals surface area (Å²) in [6, 6.07) is 3.10. The van der Waals surface area contributed by atoms with E-state index in [1.807, 2.05) is 0 Å². The summed E-state index contributed by atoms with van der Waals surface area (Å²) in [5, 5.41) is 9.58. The quantitative estimate of drug-likeness (QED) is 0.771. The molecular weight excluding hydrogens is 373 g/mol. The number of sulfonamides is 1. The molecule has 1 aromatic rings. The van der Waals surface area contributed by atoms with Gasteiger partial charge in [0, 0.05) is 12.1 Å². The van der Waals surface area contributed by atoms with Gasteiger partial charge in [-0.25, -0.2) is 17.9 Å². The molecule has 2 N–H and O–H groups in total. The molecule has 0 radical (unpaired) electrons. The summed E-state index contributed by atoms with van der Waals surface area (Å²) >= 11 is 0. The number of amides is 1. The van der Waals surface area contributed by atoms with Crippen LogP contribution in [0.5, 0.6) is 0 Å². The monoisotopic (exact) mass is 396 g/mol. The van der Waals surface area contributed by atoms with Crippen LogP contribution in [0.2, 0.25) is 0 Å². The normalized spacial score (nSPS) is 14.1.